The van der Waals surface area contributed by atoms with Crippen molar-refractivity contribution in [3.05, 3.63) is 0 Å². The van der Waals surface area contributed by atoms with Crippen LogP contribution in [-0.4, -0.2) is 28.6 Å². The van der Waals surface area contributed by atoms with Gasteiger partial charge in [0.15, 0.2) is 0 Å². The number of nitrogens with two attached hydrogens (primary N) is 1. The van der Waals surface area contributed by atoms with Gasteiger partial charge in [0.2, 0.25) is 0 Å². The van der Waals surface area contributed by atoms with Gasteiger partial charge in [-0.05, 0) is 0 Å². The first-order chi connectivity index (χ1) is 6.31. The minimum atomic E-state index is -2.87. The van der Waals surface area contributed by atoms with Crippen molar-refractivity contribution in [1.29, 1.82) is 0 Å². The SMILES string of the molecule is NOC(=O)CC(O)(CC(=O)[O-])C(=O)[O-].[NH4+].[NH4+]. The van der Waals surface area contributed by atoms with Crippen LogP contribution in [0.15, 0.2) is 0 Å². The van der Waals surface area contributed by atoms with Crippen molar-refractivity contribution in [2.75, 3.05) is 0 Å². The average molecular weight is 241 g/mol. The Hall–Kier alpha value is -1.75. The van der Waals surface area contributed by atoms with Crippen LogP contribution < -0.4 is 28.4 Å². The molecule has 0 aliphatic rings. The van der Waals surface area contributed by atoms with Crippen molar-refractivity contribution in [3.63, 3.8) is 0 Å². The third-order valence-corrected chi connectivity index (χ3v) is 1.38. The van der Waals surface area contributed by atoms with Crippen LogP contribution in [0.4, 0.5) is 0 Å². The number of carboxylic acid groups (broad SMARTS) is 2. The summed E-state index contributed by atoms with van der Waals surface area (Å²) >= 11 is 0. The van der Waals surface area contributed by atoms with Crippen LogP contribution in [0.1, 0.15) is 12.8 Å². The summed E-state index contributed by atoms with van der Waals surface area (Å²) in [6.07, 6.45) is -2.41. The Bertz CT molecular complexity index is 269. The fourth-order valence-corrected chi connectivity index (χ4v) is 0.726. The van der Waals surface area contributed by atoms with Crippen LogP contribution in [0, 0.1) is 0 Å². The number of carbonyl (C=O) groups is 3. The average Bonchev–Trinajstić information content (AvgIpc) is 2.02. The molecular weight excluding hydrogens is 226 g/mol. The molecule has 0 saturated heterocycles. The molecule has 0 aromatic rings. The van der Waals surface area contributed by atoms with Gasteiger partial charge >= 0.3 is 5.97 Å². The highest BCUT2D eigenvalue weighted by Gasteiger charge is 2.32. The fraction of sp³-hybridized carbons (Fsp3) is 0.500. The number of hydrogen-bond donors (Lipinski definition) is 4. The molecule has 0 aliphatic heterocycles. The molecule has 0 amide bonds. The summed E-state index contributed by atoms with van der Waals surface area (Å²) in [7, 11) is 0. The van der Waals surface area contributed by atoms with E-state index >= 15 is 0 Å². The van der Waals surface area contributed by atoms with Crippen LogP contribution in [-0.2, 0) is 19.2 Å². The molecule has 96 valence electrons. The van der Waals surface area contributed by atoms with Gasteiger partial charge in [0.25, 0.3) is 0 Å². The highest BCUT2D eigenvalue weighted by atomic mass is 16.7. The molecule has 0 fully saturated rings. The van der Waals surface area contributed by atoms with Gasteiger partial charge in [-0.2, -0.15) is 5.90 Å². The van der Waals surface area contributed by atoms with Crippen molar-refractivity contribution in [2.24, 2.45) is 5.90 Å². The highest BCUT2D eigenvalue weighted by molar-refractivity contribution is 5.86. The zero-order valence-corrected chi connectivity index (χ0v) is 8.89. The Balaban J connectivity index is -0.000000845. The molecule has 0 spiro atoms. The Morgan fingerprint density at radius 2 is 1.62 bits per heavy atom. The second-order valence-electron chi connectivity index (χ2n) is 2.53. The molecule has 0 heterocycles. The van der Waals surface area contributed by atoms with Gasteiger partial charge in [-0.1, -0.05) is 0 Å². The second kappa shape index (κ2) is 7.53. The van der Waals surface area contributed by atoms with Crippen molar-refractivity contribution in [3.8, 4) is 0 Å². The summed E-state index contributed by atoms with van der Waals surface area (Å²) in [5.74, 6) is -0.871. The summed E-state index contributed by atoms with van der Waals surface area (Å²) in [4.78, 5) is 34.4. The van der Waals surface area contributed by atoms with Gasteiger partial charge in [-0.15, -0.1) is 0 Å². The largest absolute Gasteiger partial charge is 0.550 e. The molecule has 1 unspecified atom stereocenters. The summed E-state index contributed by atoms with van der Waals surface area (Å²) in [5, 5.41) is 29.5. The number of carboxylic acids is 2. The first-order valence-corrected chi connectivity index (χ1v) is 3.35. The predicted molar refractivity (Wildman–Crippen MR) is 46.4 cm³/mol. The van der Waals surface area contributed by atoms with Crippen LogP contribution in [0.5, 0.6) is 0 Å². The lowest BCUT2D eigenvalue weighted by Gasteiger charge is -2.27. The Morgan fingerprint density at radius 3 is 1.88 bits per heavy atom. The molecule has 0 aliphatic carbocycles. The molecule has 0 radical (unpaired) electrons. The number of quaternary nitrogens is 2. The number of hydrogen-bond acceptors (Lipinski definition) is 8. The summed E-state index contributed by atoms with van der Waals surface area (Å²) in [5.41, 5.74) is -2.87. The molecule has 11 N–H and O–H groups in total. The number of aliphatic hydroxyl groups is 1. The lowest BCUT2D eigenvalue weighted by atomic mass is 9.96. The fourth-order valence-electron chi connectivity index (χ4n) is 0.726. The predicted octanol–water partition coefficient (Wildman–Crippen LogP) is -3.83. The first kappa shape index (κ1) is 19.8. The van der Waals surface area contributed by atoms with Crippen molar-refractivity contribution >= 4 is 17.9 Å². The Labute approximate surface area is 90.1 Å². The number of rotatable bonds is 5. The molecule has 0 aromatic carbocycles. The van der Waals surface area contributed by atoms with Crippen molar-refractivity contribution in [1.82, 2.24) is 12.3 Å². The lowest BCUT2D eigenvalue weighted by molar-refractivity contribution is -0.333. The van der Waals surface area contributed by atoms with Crippen LogP contribution in [0.2, 0.25) is 0 Å². The van der Waals surface area contributed by atoms with Gasteiger partial charge in [-0.25, -0.2) is 0 Å². The van der Waals surface area contributed by atoms with E-state index in [9.17, 15) is 24.6 Å². The molecule has 0 aromatic heterocycles. The molecule has 0 saturated carbocycles. The molecule has 10 nitrogen and oxygen atoms in total. The monoisotopic (exact) mass is 241 g/mol. The lowest BCUT2D eigenvalue weighted by Crippen LogP contribution is -2.53. The van der Waals surface area contributed by atoms with E-state index in [1.165, 1.54) is 0 Å². The molecule has 10 heteroatoms. The minimum Gasteiger partial charge on any atom is -0.550 e. The minimum absolute atomic E-state index is 0. The van der Waals surface area contributed by atoms with Gasteiger partial charge in [0.05, 0.1) is 12.4 Å². The molecular formula is C6H15N3O7. The van der Waals surface area contributed by atoms with Gasteiger partial charge in [0.1, 0.15) is 5.60 Å². The Morgan fingerprint density at radius 1 is 1.19 bits per heavy atom. The molecule has 0 rings (SSSR count). The second-order valence-corrected chi connectivity index (χ2v) is 2.53. The maximum absolute atomic E-state index is 10.5. The standard InChI is InChI=1S/C6H9NO7.2H3N/c7-14-4(10)2-6(13,5(11)12)1-3(8)9;;/h13H,1-2,7H2,(H,8,9)(H,11,12);2*1H3. The van der Waals surface area contributed by atoms with E-state index < -0.39 is 36.4 Å². The smallest absolute Gasteiger partial charge is 0.327 e. The maximum Gasteiger partial charge on any atom is 0.327 e. The first-order valence-electron chi connectivity index (χ1n) is 3.35. The van der Waals surface area contributed by atoms with E-state index in [-0.39, 0.29) is 12.3 Å². The third kappa shape index (κ3) is 5.87. The zero-order chi connectivity index (χ0) is 11.4. The summed E-state index contributed by atoms with van der Waals surface area (Å²) in [6.45, 7) is 0. The van der Waals surface area contributed by atoms with E-state index in [2.05, 4.69) is 10.7 Å². The zero-order valence-electron chi connectivity index (χ0n) is 8.89. The summed E-state index contributed by atoms with van der Waals surface area (Å²) < 4.78 is 0. The molecule has 16 heavy (non-hydrogen) atoms. The summed E-state index contributed by atoms with van der Waals surface area (Å²) in [6, 6.07) is 0. The van der Waals surface area contributed by atoms with Gasteiger partial charge in [0, 0.05) is 12.4 Å². The van der Waals surface area contributed by atoms with E-state index in [1.54, 1.807) is 0 Å². The van der Waals surface area contributed by atoms with Crippen LogP contribution in [0.25, 0.3) is 0 Å². The van der Waals surface area contributed by atoms with E-state index in [1.807, 2.05) is 0 Å². The van der Waals surface area contributed by atoms with Crippen molar-refractivity contribution < 1.29 is 34.5 Å². The quantitative estimate of drug-likeness (QED) is 0.347. The van der Waals surface area contributed by atoms with E-state index in [4.69, 9.17) is 5.11 Å². The van der Waals surface area contributed by atoms with E-state index in [0.717, 1.165) is 0 Å². The third-order valence-electron chi connectivity index (χ3n) is 1.38. The number of aliphatic carboxylic acids is 2. The molecule has 1 atom stereocenters. The maximum atomic E-state index is 10.5. The van der Waals surface area contributed by atoms with Crippen molar-refractivity contribution in [2.45, 2.75) is 18.4 Å². The van der Waals surface area contributed by atoms with Crippen LogP contribution >= 0.6 is 0 Å². The van der Waals surface area contributed by atoms with Gasteiger partial charge < -0.3 is 42.0 Å². The topological polar surface area (TPSA) is 226 Å². The van der Waals surface area contributed by atoms with E-state index in [0.29, 0.717) is 0 Å². The highest BCUT2D eigenvalue weighted by Crippen LogP contribution is 2.14. The normalized spacial score (nSPS) is 12.4. The van der Waals surface area contributed by atoms with Gasteiger partial charge in [-0.3, -0.25) is 4.79 Å². The number of carbonyl (C=O) groups excluding carboxylic acids is 3. The molecule has 0 bridgehead atoms. The van der Waals surface area contributed by atoms with Crippen LogP contribution in [0.3, 0.4) is 0 Å². The Kier molecular flexibility index (Phi) is 9.30.